The van der Waals surface area contributed by atoms with Gasteiger partial charge in [0.2, 0.25) is 0 Å². The highest BCUT2D eigenvalue weighted by Crippen LogP contribution is 2.23. The summed E-state index contributed by atoms with van der Waals surface area (Å²) in [7, 11) is 0. The first-order valence-corrected chi connectivity index (χ1v) is 4.97. The van der Waals surface area contributed by atoms with Crippen LogP contribution in [-0.4, -0.2) is 9.97 Å². The average molecular weight is 201 g/mol. The molecule has 0 aliphatic carbocycles. The number of nitrogens with zero attached hydrogens (tertiary/aromatic N) is 1. The highest BCUT2D eigenvalue weighted by Gasteiger charge is 2.07. The number of benzene rings is 1. The van der Waals surface area contributed by atoms with Crippen molar-refractivity contribution in [3.8, 4) is 11.4 Å². The lowest BCUT2D eigenvalue weighted by molar-refractivity contribution is 1.22. The number of hydrogen-bond acceptors (Lipinski definition) is 2. The molecule has 1 heterocycles. The van der Waals surface area contributed by atoms with Gasteiger partial charge in [-0.1, -0.05) is 0 Å². The molecule has 0 aliphatic heterocycles. The minimum Gasteiger partial charge on any atom is -0.399 e. The van der Waals surface area contributed by atoms with Crippen molar-refractivity contribution in [3.05, 3.63) is 35.2 Å². The predicted octanol–water partition coefficient (Wildman–Crippen LogP) is 2.58. The fraction of sp³-hybridized carbons (Fsp3) is 0.250. The molecule has 0 bridgehead atoms. The smallest absolute Gasteiger partial charge is 0.138 e. The Morgan fingerprint density at radius 2 is 1.93 bits per heavy atom. The van der Waals surface area contributed by atoms with E-state index in [2.05, 4.69) is 9.97 Å². The Hall–Kier alpha value is -1.77. The van der Waals surface area contributed by atoms with E-state index in [1.807, 2.05) is 39.0 Å². The number of nitrogen functional groups attached to an aromatic ring is 1. The zero-order valence-corrected chi connectivity index (χ0v) is 9.26. The molecular weight excluding hydrogens is 186 g/mol. The Morgan fingerprint density at radius 1 is 1.20 bits per heavy atom. The molecule has 1 aromatic carbocycles. The summed E-state index contributed by atoms with van der Waals surface area (Å²) < 4.78 is 0. The summed E-state index contributed by atoms with van der Waals surface area (Å²) in [5.41, 5.74) is 10.9. The molecule has 0 unspecified atom stereocenters. The van der Waals surface area contributed by atoms with Crippen LogP contribution in [0.2, 0.25) is 0 Å². The molecule has 2 aromatic rings. The van der Waals surface area contributed by atoms with Crippen molar-refractivity contribution in [2.45, 2.75) is 20.8 Å². The maximum absolute atomic E-state index is 5.71. The third-order valence-corrected chi connectivity index (χ3v) is 2.63. The van der Waals surface area contributed by atoms with Gasteiger partial charge in [0.25, 0.3) is 0 Å². The average Bonchev–Trinajstić information content (AvgIpc) is 2.46. The van der Waals surface area contributed by atoms with Crippen molar-refractivity contribution < 1.29 is 0 Å². The number of imidazole rings is 1. The summed E-state index contributed by atoms with van der Waals surface area (Å²) in [6.45, 7) is 6.07. The van der Waals surface area contributed by atoms with Crippen LogP contribution in [0.3, 0.4) is 0 Å². The second kappa shape index (κ2) is 3.42. The highest BCUT2D eigenvalue weighted by molar-refractivity contribution is 5.64. The topological polar surface area (TPSA) is 54.7 Å². The van der Waals surface area contributed by atoms with Gasteiger partial charge in [0.15, 0.2) is 0 Å². The third-order valence-electron chi connectivity index (χ3n) is 2.63. The molecule has 0 saturated heterocycles. The van der Waals surface area contributed by atoms with E-state index in [9.17, 15) is 0 Å². The van der Waals surface area contributed by atoms with Crippen LogP contribution in [-0.2, 0) is 0 Å². The quantitative estimate of drug-likeness (QED) is 0.697. The Bertz CT molecular complexity index is 478. The Labute approximate surface area is 89.4 Å². The van der Waals surface area contributed by atoms with Gasteiger partial charge in [-0.05, 0) is 44.5 Å². The molecular formula is C12H15N3. The lowest BCUT2D eigenvalue weighted by Crippen LogP contribution is -1.89. The molecule has 0 saturated carbocycles. The van der Waals surface area contributed by atoms with E-state index in [1.54, 1.807) is 0 Å². The van der Waals surface area contributed by atoms with Crippen molar-refractivity contribution in [1.82, 2.24) is 9.97 Å². The number of anilines is 1. The van der Waals surface area contributed by atoms with Gasteiger partial charge < -0.3 is 10.7 Å². The van der Waals surface area contributed by atoms with E-state index in [4.69, 9.17) is 5.73 Å². The van der Waals surface area contributed by atoms with E-state index >= 15 is 0 Å². The fourth-order valence-electron chi connectivity index (χ4n) is 1.63. The van der Waals surface area contributed by atoms with E-state index in [1.165, 1.54) is 0 Å². The van der Waals surface area contributed by atoms with Gasteiger partial charge in [-0.2, -0.15) is 0 Å². The number of nitrogens with two attached hydrogens (primary N) is 1. The molecule has 78 valence electrons. The van der Waals surface area contributed by atoms with Gasteiger partial charge in [0, 0.05) is 16.9 Å². The summed E-state index contributed by atoms with van der Waals surface area (Å²) in [5, 5.41) is 0. The Morgan fingerprint density at radius 3 is 2.47 bits per heavy atom. The number of hydrogen-bond donors (Lipinski definition) is 2. The summed E-state index contributed by atoms with van der Waals surface area (Å²) >= 11 is 0. The van der Waals surface area contributed by atoms with E-state index in [0.29, 0.717) is 0 Å². The molecule has 0 spiro atoms. The summed E-state index contributed by atoms with van der Waals surface area (Å²) in [5.74, 6) is 0.919. The first-order chi connectivity index (χ1) is 7.08. The van der Waals surface area contributed by atoms with Gasteiger partial charge in [-0.25, -0.2) is 4.98 Å². The number of rotatable bonds is 1. The standard InChI is InChI=1S/C12H15N3/c1-7-6-10(13)4-5-11(7)12-14-8(2)9(3)15-12/h4-6H,13H2,1-3H3,(H,14,15). The second-order valence-corrected chi connectivity index (χ2v) is 3.87. The van der Waals surface area contributed by atoms with E-state index < -0.39 is 0 Å². The molecule has 0 aliphatic rings. The molecule has 15 heavy (non-hydrogen) atoms. The number of aromatic nitrogens is 2. The van der Waals surface area contributed by atoms with Gasteiger partial charge in [0.05, 0.1) is 5.69 Å². The molecule has 3 heteroatoms. The highest BCUT2D eigenvalue weighted by atomic mass is 14.9. The molecule has 0 atom stereocenters. The van der Waals surface area contributed by atoms with Crippen molar-refractivity contribution in [2.24, 2.45) is 0 Å². The zero-order valence-electron chi connectivity index (χ0n) is 9.26. The van der Waals surface area contributed by atoms with Crippen LogP contribution in [0.4, 0.5) is 5.69 Å². The number of H-pyrrole nitrogens is 1. The van der Waals surface area contributed by atoms with Gasteiger partial charge in [-0.3, -0.25) is 0 Å². The van der Waals surface area contributed by atoms with Gasteiger partial charge in [0.1, 0.15) is 5.82 Å². The third kappa shape index (κ3) is 1.73. The summed E-state index contributed by atoms with van der Waals surface area (Å²) in [4.78, 5) is 7.74. The van der Waals surface area contributed by atoms with E-state index in [0.717, 1.165) is 34.0 Å². The molecule has 0 radical (unpaired) electrons. The molecule has 0 amide bonds. The Kier molecular flexibility index (Phi) is 2.23. The Balaban J connectivity index is 2.54. The fourth-order valence-corrected chi connectivity index (χ4v) is 1.63. The summed E-state index contributed by atoms with van der Waals surface area (Å²) in [6.07, 6.45) is 0. The lowest BCUT2D eigenvalue weighted by Gasteiger charge is -2.03. The lowest BCUT2D eigenvalue weighted by atomic mass is 10.1. The van der Waals surface area contributed by atoms with Crippen molar-refractivity contribution in [1.29, 1.82) is 0 Å². The van der Waals surface area contributed by atoms with Crippen LogP contribution in [0, 0.1) is 20.8 Å². The molecule has 1 aromatic heterocycles. The first-order valence-electron chi connectivity index (χ1n) is 4.97. The monoisotopic (exact) mass is 201 g/mol. The maximum atomic E-state index is 5.71. The second-order valence-electron chi connectivity index (χ2n) is 3.87. The van der Waals surface area contributed by atoms with Crippen LogP contribution < -0.4 is 5.73 Å². The number of aryl methyl sites for hydroxylation is 3. The van der Waals surface area contributed by atoms with Crippen molar-refractivity contribution in [2.75, 3.05) is 5.73 Å². The van der Waals surface area contributed by atoms with Crippen LogP contribution in [0.5, 0.6) is 0 Å². The van der Waals surface area contributed by atoms with Crippen LogP contribution in [0.1, 0.15) is 17.0 Å². The molecule has 2 rings (SSSR count). The van der Waals surface area contributed by atoms with Crippen LogP contribution in [0.25, 0.3) is 11.4 Å². The van der Waals surface area contributed by atoms with E-state index in [-0.39, 0.29) is 0 Å². The number of aromatic amines is 1. The van der Waals surface area contributed by atoms with Crippen LogP contribution in [0.15, 0.2) is 18.2 Å². The maximum Gasteiger partial charge on any atom is 0.138 e. The van der Waals surface area contributed by atoms with Crippen molar-refractivity contribution in [3.63, 3.8) is 0 Å². The number of nitrogens with one attached hydrogen (secondary N) is 1. The SMILES string of the molecule is Cc1cc(N)ccc1-c1nc(C)c(C)[nH]1. The summed E-state index contributed by atoms with van der Waals surface area (Å²) in [6, 6.07) is 5.86. The molecule has 0 fully saturated rings. The van der Waals surface area contributed by atoms with Crippen LogP contribution >= 0.6 is 0 Å². The van der Waals surface area contributed by atoms with Crippen molar-refractivity contribution >= 4 is 5.69 Å². The minimum absolute atomic E-state index is 0.788. The molecule has 3 N–H and O–H groups in total. The normalized spacial score (nSPS) is 10.6. The van der Waals surface area contributed by atoms with Gasteiger partial charge in [-0.15, -0.1) is 0 Å². The van der Waals surface area contributed by atoms with Gasteiger partial charge >= 0.3 is 0 Å². The zero-order chi connectivity index (χ0) is 11.0. The largest absolute Gasteiger partial charge is 0.399 e. The molecule has 3 nitrogen and oxygen atoms in total. The first kappa shape index (κ1) is 9.77. The predicted molar refractivity (Wildman–Crippen MR) is 62.6 cm³/mol. The minimum atomic E-state index is 0.788.